The van der Waals surface area contributed by atoms with Crippen LogP contribution in [0.25, 0.3) is 0 Å². The van der Waals surface area contributed by atoms with Gasteiger partial charge in [-0.1, -0.05) is 36.4 Å². The van der Waals surface area contributed by atoms with Crippen molar-refractivity contribution in [1.29, 1.82) is 0 Å². The van der Waals surface area contributed by atoms with Crippen molar-refractivity contribution >= 4 is 0 Å². The molecule has 1 heterocycles. The monoisotopic (exact) mass is 190 g/mol. The lowest BCUT2D eigenvalue weighted by Crippen LogP contribution is -2.16. The predicted octanol–water partition coefficient (Wildman–Crippen LogP) is 2.16. The highest BCUT2D eigenvalue weighted by molar-refractivity contribution is 5.13. The second-order valence-electron chi connectivity index (χ2n) is 3.37. The van der Waals surface area contributed by atoms with Gasteiger partial charge in [0, 0.05) is 0 Å². The first kappa shape index (κ1) is 9.44. The summed E-state index contributed by atoms with van der Waals surface area (Å²) in [6.07, 6.45) is 2.08. The lowest BCUT2D eigenvalue weighted by atomic mass is 10.2. The van der Waals surface area contributed by atoms with Crippen LogP contribution in [0.2, 0.25) is 0 Å². The second-order valence-corrected chi connectivity index (χ2v) is 3.37. The molecule has 74 valence electrons. The van der Waals surface area contributed by atoms with Crippen LogP contribution in [-0.2, 0) is 16.1 Å². The Morgan fingerprint density at radius 1 is 1.50 bits per heavy atom. The van der Waals surface area contributed by atoms with E-state index in [1.54, 1.807) is 6.08 Å². The number of hydrogen-bond donors (Lipinski definition) is 0. The van der Waals surface area contributed by atoms with E-state index in [0.717, 1.165) is 6.61 Å². The predicted molar refractivity (Wildman–Crippen MR) is 55.0 cm³/mol. The molecule has 2 nitrogen and oxygen atoms in total. The molecule has 0 saturated carbocycles. The van der Waals surface area contributed by atoms with Crippen LogP contribution in [0.3, 0.4) is 0 Å². The lowest BCUT2D eigenvalue weighted by Gasteiger charge is -2.10. The molecule has 1 aromatic rings. The van der Waals surface area contributed by atoms with Crippen LogP contribution >= 0.6 is 0 Å². The van der Waals surface area contributed by atoms with E-state index >= 15 is 0 Å². The van der Waals surface area contributed by atoms with Crippen LogP contribution in [0.5, 0.6) is 0 Å². The van der Waals surface area contributed by atoms with Gasteiger partial charge in [-0.15, -0.1) is 6.58 Å². The Kier molecular flexibility index (Phi) is 2.96. The standard InChI is InChI=1S/C12H14O2/c1-2-11(12-9-14-12)13-8-10-6-4-3-5-7-10/h2-7,11-12H,1,8-9H2/t11-,12+/m0/s1. The molecule has 0 spiro atoms. The largest absolute Gasteiger partial charge is 0.370 e. The summed E-state index contributed by atoms with van der Waals surface area (Å²) in [5, 5.41) is 0. The maximum absolute atomic E-state index is 5.66. The molecule has 0 aliphatic carbocycles. The van der Waals surface area contributed by atoms with Gasteiger partial charge in [0.1, 0.15) is 12.2 Å². The van der Waals surface area contributed by atoms with Gasteiger partial charge in [0.05, 0.1) is 13.2 Å². The fourth-order valence-corrected chi connectivity index (χ4v) is 1.34. The number of hydrogen-bond acceptors (Lipinski definition) is 2. The van der Waals surface area contributed by atoms with E-state index in [-0.39, 0.29) is 12.2 Å². The average Bonchev–Trinajstić information content (AvgIpc) is 3.05. The summed E-state index contributed by atoms with van der Waals surface area (Å²) in [6, 6.07) is 10.1. The van der Waals surface area contributed by atoms with Gasteiger partial charge < -0.3 is 9.47 Å². The third kappa shape index (κ3) is 2.44. The summed E-state index contributed by atoms with van der Waals surface area (Å²) in [7, 11) is 0. The molecule has 2 rings (SSSR count). The fourth-order valence-electron chi connectivity index (χ4n) is 1.34. The maximum Gasteiger partial charge on any atom is 0.111 e. The minimum Gasteiger partial charge on any atom is -0.370 e. The van der Waals surface area contributed by atoms with Gasteiger partial charge in [0.15, 0.2) is 0 Å². The van der Waals surface area contributed by atoms with Crippen LogP contribution < -0.4 is 0 Å². The smallest absolute Gasteiger partial charge is 0.111 e. The molecule has 0 radical (unpaired) electrons. The summed E-state index contributed by atoms with van der Waals surface area (Å²) in [4.78, 5) is 0. The molecule has 1 aromatic carbocycles. The van der Waals surface area contributed by atoms with E-state index in [1.165, 1.54) is 5.56 Å². The van der Waals surface area contributed by atoms with Gasteiger partial charge in [-0.25, -0.2) is 0 Å². The summed E-state index contributed by atoms with van der Waals surface area (Å²) in [6.45, 7) is 5.15. The highest BCUT2D eigenvalue weighted by Gasteiger charge is 2.31. The molecule has 1 fully saturated rings. The first-order valence-electron chi connectivity index (χ1n) is 4.80. The Balaban J connectivity index is 1.83. The minimum atomic E-state index is 0.0372. The molecule has 2 heteroatoms. The van der Waals surface area contributed by atoms with Crippen molar-refractivity contribution in [1.82, 2.24) is 0 Å². The highest BCUT2D eigenvalue weighted by Crippen LogP contribution is 2.18. The number of ether oxygens (including phenoxy) is 2. The first-order chi connectivity index (χ1) is 6.90. The number of rotatable bonds is 5. The van der Waals surface area contributed by atoms with Crippen molar-refractivity contribution in [2.24, 2.45) is 0 Å². The first-order valence-corrected chi connectivity index (χ1v) is 4.80. The molecule has 0 bridgehead atoms. The normalized spacial score (nSPS) is 21.6. The van der Waals surface area contributed by atoms with E-state index in [1.807, 2.05) is 30.3 Å². The lowest BCUT2D eigenvalue weighted by molar-refractivity contribution is 0.0528. The van der Waals surface area contributed by atoms with Gasteiger partial charge in [-0.3, -0.25) is 0 Å². The summed E-state index contributed by atoms with van der Waals surface area (Å²) >= 11 is 0. The molecule has 14 heavy (non-hydrogen) atoms. The van der Waals surface area contributed by atoms with Crippen molar-refractivity contribution < 1.29 is 9.47 Å². The quantitative estimate of drug-likeness (QED) is 0.524. The third-order valence-corrected chi connectivity index (χ3v) is 2.24. The molecular weight excluding hydrogens is 176 g/mol. The van der Waals surface area contributed by atoms with Gasteiger partial charge in [0.25, 0.3) is 0 Å². The molecule has 1 saturated heterocycles. The Morgan fingerprint density at radius 2 is 2.21 bits per heavy atom. The molecule has 2 atom stereocenters. The SMILES string of the molecule is C=C[C@H](OCc1ccccc1)[C@H]1CO1. The van der Waals surface area contributed by atoms with E-state index in [9.17, 15) is 0 Å². The van der Waals surface area contributed by atoms with E-state index in [0.29, 0.717) is 6.61 Å². The Morgan fingerprint density at radius 3 is 2.79 bits per heavy atom. The zero-order valence-corrected chi connectivity index (χ0v) is 8.06. The van der Waals surface area contributed by atoms with Crippen LogP contribution in [0, 0.1) is 0 Å². The van der Waals surface area contributed by atoms with Gasteiger partial charge in [-0.05, 0) is 5.56 Å². The summed E-state index contributed by atoms with van der Waals surface area (Å²) in [5.41, 5.74) is 1.18. The molecule has 1 aliphatic heterocycles. The van der Waals surface area contributed by atoms with Crippen LogP contribution in [0.1, 0.15) is 5.56 Å². The van der Waals surface area contributed by atoms with E-state index in [2.05, 4.69) is 6.58 Å². The Labute approximate surface area is 84.2 Å². The van der Waals surface area contributed by atoms with Crippen LogP contribution in [-0.4, -0.2) is 18.8 Å². The van der Waals surface area contributed by atoms with Crippen LogP contribution in [0.15, 0.2) is 43.0 Å². The van der Waals surface area contributed by atoms with Crippen molar-refractivity contribution in [3.05, 3.63) is 48.6 Å². The highest BCUT2D eigenvalue weighted by atomic mass is 16.6. The summed E-state index contributed by atoms with van der Waals surface area (Å²) in [5.74, 6) is 0. The molecule has 0 unspecified atom stereocenters. The average molecular weight is 190 g/mol. The Bertz CT molecular complexity index is 290. The zero-order valence-electron chi connectivity index (χ0n) is 8.06. The molecule has 0 aromatic heterocycles. The van der Waals surface area contributed by atoms with Gasteiger partial charge in [-0.2, -0.15) is 0 Å². The number of epoxide rings is 1. The van der Waals surface area contributed by atoms with Crippen LogP contribution in [0.4, 0.5) is 0 Å². The molecule has 0 N–H and O–H groups in total. The molecule has 1 aliphatic rings. The molecular formula is C12H14O2. The van der Waals surface area contributed by atoms with E-state index in [4.69, 9.17) is 9.47 Å². The van der Waals surface area contributed by atoms with Gasteiger partial charge in [0.2, 0.25) is 0 Å². The minimum absolute atomic E-state index is 0.0372. The number of benzene rings is 1. The Hall–Kier alpha value is -1.12. The molecule has 0 amide bonds. The van der Waals surface area contributed by atoms with Crippen molar-refractivity contribution in [2.45, 2.75) is 18.8 Å². The fraction of sp³-hybridized carbons (Fsp3) is 0.333. The topological polar surface area (TPSA) is 21.8 Å². The van der Waals surface area contributed by atoms with Gasteiger partial charge >= 0.3 is 0 Å². The summed E-state index contributed by atoms with van der Waals surface area (Å²) < 4.78 is 10.8. The van der Waals surface area contributed by atoms with Crippen molar-refractivity contribution in [3.8, 4) is 0 Å². The van der Waals surface area contributed by atoms with E-state index < -0.39 is 0 Å². The second kappa shape index (κ2) is 4.40. The zero-order chi connectivity index (χ0) is 9.80. The maximum atomic E-state index is 5.66. The van der Waals surface area contributed by atoms with Crippen molar-refractivity contribution in [2.75, 3.05) is 6.61 Å². The van der Waals surface area contributed by atoms with Crippen molar-refractivity contribution in [3.63, 3.8) is 0 Å². The third-order valence-electron chi connectivity index (χ3n) is 2.24.